The van der Waals surface area contributed by atoms with Gasteiger partial charge in [0.1, 0.15) is 0 Å². The first-order valence-corrected chi connectivity index (χ1v) is 9.25. The van der Waals surface area contributed by atoms with Gasteiger partial charge in [0, 0.05) is 36.4 Å². The molecule has 0 aliphatic heterocycles. The standard InChI is InChI=1S/C22H29N3/c1-4-16-8-13-21-20(15-16)19(7-5-6-14-23)22(24-21)17-9-11-18(12-10-17)25(2)3/h8-13,15,24H,4-7,14,23H2,1-3H3. The van der Waals surface area contributed by atoms with Crippen LogP contribution in [-0.4, -0.2) is 25.6 Å². The Hall–Kier alpha value is -2.26. The van der Waals surface area contributed by atoms with Gasteiger partial charge >= 0.3 is 0 Å². The van der Waals surface area contributed by atoms with Gasteiger partial charge in [-0.3, -0.25) is 0 Å². The van der Waals surface area contributed by atoms with Crippen LogP contribution < -0.4 is 10.6 Å². The summed E-state index contributed by atoms with van der Waals surface area (Å²) in [4.78, 5) is 5.79. The highest BCUT2D eigenvalue weighted by atomic mass is 15.1. The van der Waals surface area contributed by atoms with Gasteiger partial charge in [0.15, 0.2) is 0 Å². The van der Waals surface area contributed by atoms with Crippen LogP contribution in [-0.2, 0) is 12.8 Å². The minimum atomic E-state index is 0.759. The van der Waals surface area contributed by atoms with Crippen LogP contribution in [0.2, 0.25) is 0 Å². The second-order valence-corrected chi connectivity index (χ2v) is 6.90. The highest BCUT2D eigenvalue weighted by molar-refractivity contribution is 5.91. The van der Waals surface area contributed by atoms with E-state index in [1.165, 1.54) is 39.0 Å². The van der Waals surface area contributed by atoms with Crippen LogP contribution in [0.3, 0.4) is 0 Å². The number of rotatable bonds is 7. The highest BCUT2D eigenvalue weighted by Gasteiger charge is 2.13. The molecule has 0 saturated heterocycles. The van der Waals surface area contributed by atoms with E-state index in [2.05, 4.69) is 73.4 Å². The zero-order chi connectivity index (χ0) is 17.8. The fraction of sp³-hybridized carbons (Fsp3) is 0.364. The summed E-state index contributed by atoms with van der Waals surface area (Å²) < 4.78 is 0. The number of H-pyrrole nitrogens is 1. The van der Waals surface area contributed by atoms with Gasteiger partial charge in [-0.05, 0) is 73.2 Å². The number of fused-ring (bicyclic) bond motifs is 1. The maximum atomic E-state index is 5.71. The molecule has 0 atom stereocenters. The van der Waals surface area contributed by atoms with Crippen molar-refractivity contribution < 1.29 is 0 Å². The molecule has 0 fully saturated rings. The largest absolute Gasteiger partial charge is 0.378 e. The van der Waals surface area contributed by atoms with Crippen molar-refractivity contribution in [2.45, 2.75) is 32.6 Å². The zero-order valence-corrected chi connectivity index (χ0v) is 15.6. The first-order chi connectivity index (χ1) is 12.1. The van der Waals surface area contributed by atoms with Crippen LogP contribution in [0.5, 0.6) is 0 Å². The lowest BCUT2D eigenvalue weighted by Gasteiger charge is -2.13. The molecule has 0 aliphatic rings. The van der Waals surface area contributed by atoms with Crippen molar-refractivity contribution >= 4 is 16.6 Å². The molecule has 3 N–H and O–H groups in total. The van der Waals surface area contributed by atoms with Crippen molar-refractivity contribution in [2.75, 3.05) is 25.5 Å². The fourth-order valence-corrected chi connectivity index (χ4v) is 3.39. The van der Waals surface area contributed by atoms with Gasteiger partial charge in [-0.2, -0.15) is 0 Å². The normalized spacial score (nSPS) is 11.2. The average molecular weight is 335 g/mol. The van der Waals surface area contributed by atoms with Crippen LogP contribution in [0.25, 0.3) is 22.2 Å². The third-order valence-electron chi connectivity index (χ3n) is 4.93. The molecule has 1 heterocycles. The fourth-order valence-electron chi connectivity index (χ4n) is 3.39. The Morgan fingerprint density at radius 3 is 2.40 bits per heavy atom. The van der Waals surface area contributed by atoms with Crippen molar-refractivity contribution in [3.63, 3.8) is 0 Å². The van der Waals surface area contributed by atoms with Gasteiger partial charge in [-0.25, -0.2) is 0 Å². The molecule has 0 saturated carbocycles. The maximum absolute atomic E-state index is 5.71. The van der Waals surface area contributed by atoms with Crippen LogP contribution in [0.1, 0.15) is 30.9 Å². The Balaban J connectivity index is 2.07. The third kappa shape index (κ3) is 3.72. The predicted octanol–water partition coefficient (Wildman–Crippen LogP) is 4.74. The van der Waals surface area contributed by atoms with Gasteiger partial charge in [-0.1, -0.05) is 25.1 Å². The molecule has 0 amide bonds. The summed E-state index contributed by atoms with van der Waals surface area (Å²) in [6.45, 7) is 2.97. The monoisotopic (exact) mass is 335 g/mol. The number of hydrogen-bond donors (Lipinski definition) is 2. The van der Waals surface area contributed by atoms with Crippen molar-refractivity contribution in [1.82, 2.24) is 4.98 Å². The molecular formula is C22H29N3. The number of aryl methyl sites for hydroxylation is 2. The summed E-state index contributed by atoms with van der Waals surface area (Å²) in [7, 11) is 4.14. The molecular weight excluding hydrogens is 306 g/mol. The van der Waals surface area contributed by atoms with Crippen molar-refractivity contribution in [3.8, 4) is 11.3 Å². The lowest BCUT2D eigenvalue weighted by molar-refractivity contribution is 0.748. The number of aromatic amines is 1. The molecule has 3 aromatic rings. The number of hydrogen-bond acceptors (Lipinski definition) is 2. The lowest BCUT2D eigenvalue weighted by Crippen LogP contribution is -2.07. The Morgan fingerprint density at radius 2 is 1.76 bits per heavy atom. The summed E-state index contributed by atoms with van der Waals surface area (Å²) in [5, 5.41) is 1.36. The van der Waals surface area contributed by atoms with E-state index in [4.69, 9.17) is 5.73 Å². The van der Waals surface area contributed by atoms with Crippen LogP contribution >= 0.6 is 0 Å². The van der Waals surface area contributed by atoms with Crippen LogP contribution in [0.15, 0.2) is 42.5 Å². The molecule has 2 aromatic carbocycles. The summed E-state index contributed by atoms with van der Waals surface area (Å²) in [6.07, 6.45) is 4.33. The summed E-state index contributed by atoms with van der Waals surface area (Å²) in [5.74, 6) is 0. The minimum absolute atomic E-state index is 0.759. The molecule has 3 heteroatoms. The Bertz CT molecular complexity index is 828. The molecule has 3 rings (SSSR count). The molecule has 25 heavy (non-hydrogen) atoms. The van der Waals surface area contributed by atoms with E-state index in [1.807, 2.05) is 0 Å². The first-order valence-electron chi connectivity index (χ1n) is 9.25. The number of unbranched alkanes of at least 4 members (excludes halogenated alkanes) is 1. The number of aromatic nitrogens is 1. The van der Waals surface area contributed by atoms with Crippen LogP contribution in [0.4, 0.5) is 5.69 Å². The molecule has 0 radical (unpaired) electrons. The van der Waals surface area contributed by atoms with Gasteiger partial charge in [0.2, 0.25) is 0 Å². The molecule has 3 nitrogen and oxygen atoms in total. The number of nitrogens with zero attached hydrogens (tertiary/aromatic N) is 1. The molecule has 0 aliphatic carbocycles. The number of nitrogens with two attached hydrogens (primary N) is 1. The van der Waals surface area contributed by atoms with E-state index < -0.39 is 0 Å². The first kappa shape index (κ1) is 17.6. The molecule has 132 valence electrons. The Labute approximate surface area is 150 Å². The van der Waals surface area contributed by atoms with E-state index in [9.17, 15) is 0 Å². The third-order valence-corrected chi connectivity index (χ3v) is 4.93. The van der Waals surface area contributed by atoms with E-state index in [-0.39, 0.29) is 0 Å². The number of benzene rings is 2. The van der Waals surface area contributed by atoms with Crippen molar-refractivity contribution in [1.29, 1.82) is 0 Å². The molecule has 1 aromatic heterocycles. The van der Waals surface area contributed by atoms with E-state index in [1.54, 1.807) is 0 Å². The topological polar surface area (TPSA) is 45.0 Å². The smallest absolute Gasteiger partial charge is 0.0497 e. The number of nitrogens with one attached hydrogen (secondary N) is 1. The molecule has 0 spiro atoms. The Morgan fingerprint density at radius 1 is 1.00 bits per heavy atom. The summed E-state index contributed by atoms with van der Waals surface area (Å²) in [6, 6.07) is 15.6. The van der Waals surface area contributed by atoms with E-state index in [0.29, 0.717) is 0 Å². The SMILES string of the molecule is CCc1ccc2[nH]c(-c3ccc(N(C)C)cc3)c(CCCCN)c2c1. The quantitative estimate of drug-likeness (QED) is 0.612. The minimum Gasteiger partial charge on any atom is -0.378 e. The average Bonchev–Trinajstić information content (AvgIpc) is 3.00. The predicted molar refractivity (Wildman–Crippen MR) is 109 cm³/mol. The van der Waals surface area contributed by atoms with Crippen LogP contribution in [0, 0.1) is 0 Å². The second-order valence-electron chi connectivity index (χ2n) is 6.90. The van der Waals surface area contributed by atoms with Gasteiger partial charge in [-0.15, -0.1) is 0 Å². The Kier molecular flexibility index (Phi) is 5.44. The maximum Gasteiger partial charge on any atom is 0.0497 e. The van der Waals surface area contributed by atoms with Gasteiger partial charge < -0.3 is 15.6 Å². The summed E-state index contributed by atoms with van der Waals surface area (Å²) in [5.41, 5.74) is 13.5. The van der Waals surface area contributed by atoms with Gasteiger partial charge in [0.05, 0.1) is 0 Å². The van der Waals surface area contributed by atoms with E-state index >= 15 is 0 Å². The van der Waals surface area contributed by atoms with Crippen molar-refractivity contribution in [3.05, 3.63) is 53.6 Å². The number of anilines is 1. The highest BCUT2D eigenvalue weighted by Crippen LogP contribution is 2.33. The van der Waals surface area contributed by atoms with E-state index in [0.717, 1.165) is 32.2 Å². The van der Waals surface area contributed by atoms with Crippen molar-refractivity contribution in [2.24, 2.45) is 5.73 Å². The lowest BCUT2D eigenvalue weighted by atomic mass is 9.99. The second kappa shape index (κ2) is 7.75. The van der Waals surface area contributed by atoms with Gasteiger partial charge in [0.25, 0.3) is 0 Å². The zero-order valence-electron chi connectivity index (χ0n) is 15.6. The molecule has 0 unspecified atom stereocenters. The summed E-state index contributed by atoms with van der Waals surface area (Å²) >= 11 is 0. The molecule has 0 bridgehead atoms.